The number of carbonyl (C=O) groups excluding carboxylic acids is 2. The quantitative estimate of drug-likeness (QED) is 0.285. The van der Waals surface area contributed by atoms with Crippen molar-refractivity contribution in [2.45, 2.75) is 6.54 Å². The molecule has 0 spiro atoms. The number of carbonyl (C=O) groups is 2. The standard InChI is InChI=1S/C21H13ClN2O5S/c22-16-8-6-14(10-17(16)24(27)28)18-9-7-15(29-18)11-19-20(25)23(21(26)30-19)12-13-4-2-1-3-5-13/h1-11H,12H2/b19-11+. The van der Waals surface area contributed by atoms with Crippen molar-refractivity contribution in [1.29, 1.82) is 0 Å². The van der Waals surface area contributed by atoms with Gasteiger partial charge in [-0.2, -0.15) is 0 Å². The molecular formula is C21H13ClN2O5S. The molecule has 3 aromatic rings. The van der Waals surface area contributed by atoms with Crippen molar-refractivity contribution >= 4 is 46.3 Å². The number of nitro benzene ring substituents is 1. The molecule has 2 aromatic carbocycles. The smallest absolute Gasteiger partial charge is 0.293 e. The van der Waals surface area contributed by atoms with E-state index in [1.54, 1.807) is 18.2 Å². The highest BCUT2D eigenvalue weighted by Gasteiger charge is 2.35. The summed E-state index contributed by atoms with van der Waals surface area (Å²) in [4.78, 5) is 36.8. The lowest BCUT2D eigenvalue weighted by Gasteiger charge is -2.11. The Hall–Kier alpha value is -3.36. The zero-order valence-electron chi connectivity index (χ0n) is 15.3. The SMILES string of the molecule is O=C1S/C(=C/c2ccc(-c3ccc(Cl)c([N+](=O)[O-])c3)o2)C(=O)N1Cc1ccccc1. The summed E-state index contributed by atoms with van der Waals surface area (Å²) in [6, 6.07) is 16.8. The van der Waals surface area contributed by atoms with Crippen LogP contribution in [0.3, 0.4) is 0 Å². The van der Waals surface area contributed by atoms with Crippen LogP contribution in [0.25, 0.3) is 17.4 Å². The predicted molar refractivity (Wildman–Crippen MR) is 114 cm³/mol. The van der Waals surface area contributed by atoms with E-state index in [0.29, 0.717) is 17.1 Å². The third kappa shape index (κ3) is 4.00. The van der Waals surface area contributed by atoms with Crippen molar-refractivity contribution in [3.63, 3.8) is 0 Å². The van der Waals surface area contributed by atoms with Gasteiger partial charge in [0.25, 0.3) is 16.8 Å². The normalized spacial score (nSPS) is 15.2. The molecular weight excluding hydrogens is 428 g/mol. The molecule has 4 rings (SSSR count). The van der Waals surface area contributed by atoms with Gasteiger partial charge in [-0.1, -0.05) is 41.9 Å². The summed E-state index contributed by atoms with van der Waals surface area (Å²) in [5.74, 6) is 0.339. The molecule has 0 aliphatic carbocycles. The van der Waals surface area contributed by atoms with Crippen LogP contribution in [0.4, 0.5) is 10.5 Å². The maximum absolute atomic E-state index is 12.6. The summed E-state index contributed by atoms with van der Waals surface area (Å²) >= 11 is 6.68. The Morgan fingerprint density at radius 3 is 2.60 bits per heavy atom. The largest absolute Gasteiger partial charge is 0.457 e. The molecule has 0 atom stereocenters. The van der Waals surface area contributed by atoms with Crippen molar-refractivity contribution in [3.8, 4) is 11.3 Å². The fourth-order valence-electron chi connectivity index (χ4n) is 2.92. The molecule has 0 radical (unpaired) electrons. The average Bonchev–Trinajstić information content (AvgIpc) is 3.29. The number of imide groups is 1. The molecule has 0 bridgehead atoms. The van der Waals surface area contributed by atoms with Crippen LogP contribution in [0.1, 0.15) is 11.3 Å². The lowest BCUT2D eigenvalue weighted by atomic mass is 10.1. The number of nitrogens with zero attached hydrogens (tertiary/aromatic N) is 2. The van der Waals surface area contributed by atoms with Crippen molar-refractivity contribution in [2.24, 2.45) is 0 Å². The molecule has 0 saturated carbocycles. The summed E-state index contributed by atoms with van der Waals surface area (Å²) in [6.45, 7) is 0.195. The zero-order chi connectivity index (χ0) is 21.3. The molecule has 30 heavy (non-hydrogen) atoms. The topological polar surface area (TPSA) is 93.7 Å². The lowest BCUT2D eigenvalue weighted by Crippen LogP contribution is -2.27. The van der Waals surface area contributed by atoms with Gasteiger partial charge in [-0.25, -0.2) is 0 Å². The minimum Gasteiger partial charge on any atom is -0.457 e. The number of hydrogen-bond donors (Lipinski definition) is 0. The summed E-state index contributed by atoms with van der Waals surface area (Å²) in [5.41, 5.74) is 1.10. The monoisotopic (exact) mass is 440 g/mol. The molecule has 1 fully saturated rings. The van der Waals surface area contributed by atoms with Crippen molar-refractivity contribution < 1.29 is 18.9 Å². The Balaban J connectivity index is 1.56. The number of amides is 2. The van der Waals surface area contributed by atoms with Crippen molar-refractivity contribution in [3.05, 3.63) is 92.0 Å². The van der Waals surface area contributed by atoms with Gasteiger partial charge in [-0.05, 0) is 41.6 Å². The second kappa shape index (κ2) is 8.17. The molecule has 1 aromatic heterocycles. The Morgan fingerprint density at radius 1 is 1.10 bits per heavy atom. The number of furan rings is 1. The van der Waals surface area contributed by atoms with Crippen LogP contribution in [0.15, 0.2) is 70.0 Å². The highest BCUT2D eigenvalue weighted by Crippen LogP contribution is 2.35. The Kier molecular flexibility index (Phi) is 5.43. The number of hydrogen-bond acceptors (Lipinski definition) is 6. The van der Waals surface area contributed by atoms with Gasteiger partial charge in [0.2, 0.25) is 0 Å². The zero-order valence-corrected chi connectivity index (χ0v) is 16.9. The molecule has 0 unspecified atom stereocenters. The van der Waals surface area contributed by atoms with E-state index >= 15 is 0 Å². The second-order valence-electron chi connectivity index (χ2n) is 6.38. The van der Waals surface area contributed by atoms with E-state index < -0.39 is 10.8 Å². The first-order valence-electron chi connectivity index (χ1n) is 8.76. The maximum atomic E-state index is 12.6. The van der Waals surface area contributed by atoms with Crippen LogP contribution in [0.2, 0.25) is 5.02 Å². The Bertz CT molecular complexity index is 1190. The molecule has 7 nitrogen and oxygen atoms in total. The minimum absolute atomic E-state index is 0.0302. The lowest BCUT2D eigenvalue weighted by molar-refractivity contribution is -0.384. The first-order chi connectivity index (χ1) is 14.4. The number of nitro groups is 1. The molecule has 150 valence electrons. The Morgan fingerprint density at radius 2 is 1.87 bits per heavy atom. The van der Waals surface area contributed by atoms with E-state index in [2.05, 4.69) is 0 Å². The van der Waals surface area contributed by atoms with Gasteiger partial charge in [0.05, 0.1) is 16.4 Å². The van der Waals surface area contributed by atoms with Crippen LogP contribution < -0.4 is 0 Å². The van der Waals surface area contributed by atoms with Gasteiger partial charge >= 0.3 is 0 Å². The fraction of sp³-hybridized carbons (Fsp3) is 0.0476. The summed E-state index contributed by atoms with van der Waals surface area (Å²) < 4.78 is 5.71. The van der Waals surface area contributed by atoms with Gasteiger partial charge in [0, 0.05) is 17.7 Å². The van der Waals surface area contributed by atoms with Crippen LogP contribution in [-0.4, -0.2) is 21.0 Å². The third-order valence-electron chi connectivity index (χ3n) is 4.38. The van der Waals surface area contributed by atoms with Crippen molar-refractivity contribution in [2.75, 3.05) is 0 Å². The summed E-state index contributed by atoms with van der Waals surface area (Å²) in [5, 5.41) is 10.8. The number of benzene rings is 2. The molecule has 9 heteroatoms. The predicted octanol–water partition coefficient (Wildman–Crippen LogP) is 5.74. The number of rotatable bonds is 5. The van der Waals surface area contributed by atoms with Crippen molar-refractivity contribution in [1.82, 2.24) is 4.90 Å². The number of thioether (sulfide) groups is 1. The van der Waals surface area contributed by atoms with E-state index in [1.807, 2.05) is 30.3 Å². The first kappa shape index (κ1) is 19.9. The molecule has 1 aliphatic rings. The fourth-order valence-corrected chi connectivity index (χ4v) is 3.93. The van der Waals surface area contributed by atoms with Crippen LogP contribution in [-0.2, 0) is 11.3 Å². The number of halogens is 1. The maximum Gasteiger partial charge on any atom is 0.293 e. The van der Waals surface area contributed by atoms with Crippen LogP contribution in [0, 0.1) is 10.1 Å². The van der Waals surface area contributed by atoms with E-state index in [1.165, 1.54) is 23.1 Å². The van der Waals surface area contributed by atoms with Gasteiger partial charge in [0.15, 0.2) is 0 Å². The van der Waals surface area contributed by atoms with Gasteiger partial charge in [-0.3, -0.25) is 24.6 Å². The van der Waals surface area contributed by atoms with E-state index in [4.69, 9.17) is 16.0 Å². The van der Waals surface area contributed by atoms with Gasteiger partial charge in [0.1, 0.15) is 16.5 Å². The Labute approximate surface area is 180 Å². The first-order valence-corrected chi connectivity index (χ1v) is 9.95. The van der Waals surface area contributed by atoms with E-state index in [9.17, 15) is 19.7 Å². The van der Waals surface area contributed by atoms with Crippen LogP contribution in [0.5, 0.6) is 0 Å². The average molecular weight is 441 g/mol. The molecule has 1 saturated heterocycles. The highest BCUT2D eigenvalue weighted by atomic mass is 35.5. The van der Waals surface area contributed by atoms with E-state index in [0.717, 1.165) is 17.3 Å². The second-order valence-corrected chi connectivity index (χ2v) is 7.78. The molecule has 1 aliphatic heterocycles. The van der Waals surface area contributed by atoms with Gasteiger partial charge < -0.3 is 4.42 Å². The molecule has 0 N–H and O–H groups in total. The summed E-state index contributed by atoms with van der Waals surface area (Å²) in [7, 11) is 0. The molecule has 2 amide bonds. The van der Waals surface area contributed by atoms with E-state index in [-0.39, 0.29) is 27.4 Å². The highest BCUT2D eigenvalue weighted by molar-refractivity contribution is 8.18. The molecule has 2 heterocycles. The van der Waals surface area contributed by atoms with Crippen LogP contribution >= 0.6 is 23.4 Å². The summed E-state index contributed by atoms with van der Waals surface area (Å²) in [6.07, 6.45) is 1.49. The third-order valence-corrected chi connectivity index (χ3v) is 5.61. The van der Waals surface area contributed by atoms with Gasteiger partial charge in [-0.15, -0.1) is 0 Å². The minimum atomic E-state index is -0.571.